The standard InChI is InChI=1S/C21H29NO4/c1-5-7-10-15(6-2)13-22-19(16-11-8-9-12-17(16)26-4)18(14(3)23)20(24)21(22)25/h8-9,11-12,15,19,24H,5-7,10,13H2,1-4H3/t15-,19-/m1/s1. The van der Waals surface area contributed by atoms with E-state index in [1.165, 1.54) is 6.92 Å². The summed E-state index contributed by atoms with van der Waals surface area (Å²) in [6.07, 6.45) is 4.16. The summed E-state index contributed by atoms with van der Waals surface area (Å²) in [6, 6.07) is 6.74. The topological polar surface area (TPSA) is 66.8 Å². The first kappa shape index (κ1) is 20.0. The van der Waals surface area contributed by atoms with Gasteiger partial charge in [-0.25, -0.2) is 0 Å². The number of ketones is 1. The van der Waals surface area contributed by atoms with Crippen LogP contribution >= 0.6 is 0 Å². The number of carbonyl (C=O) groups is 2. The van der Waals surface area contributed by atoms with Gasteiger partial charge in [-0.15, -0.1) is 0 Å². The molecule has 1 amide bonds. The summed E-state index contributed by atoms with van der Waals surface area (Å²) < 4.78 is 5.45. The zero-order valence-electron chi connectivity index (χ0n) is 16.1. The van der Waals surface area contributed by atoms with Crippen molar-refractivity contribution in [3.05, 3.63) is 41.2 Å². The summed E-state index contributed by atoms with van der Waals surface area (Å²) in [7, 11) is 1.56. The van der Waals surface area contributed by atoms with Crippen LogP contribution < -0.4 is 4.74 Å². The van der Waals surface area contributed by atoms with Crippen LogP contribution in [0.2, 0.25) is 0 Å². The number of aliphatic hydroxyl groups excluding tert-OH is 1. The van der Waals surface area contributed by atoms with Crippen molar-refractivity contribution in [3.8, 4) is 5.75 Å². The Morgan fingerprint density at radius 1 is 1.31 bits per heavy atom. The number of para-hydroxylation sites is 1. The number of hydrogen-bond acceptors (Lipinski definition) is 4. The molecule has 0 bridgehead atoms. The second-order valence-corrected chi connectivity index (χ2v) is 6.84. The third kappa shape index (κ3) is 3.92. The van der Waals surface area contributed by atoms with E-state index < -0.39 is 17.7 Å². The fraction of sp³-hybridized carbons (Fsp3) is 0.524. The van der Waals surface area contributed by atoms with Crippen molar-refractivity contribution in [2.45, 2.75) is 52.5 Å². The molecule has 0 fully saturated rings. The molecular weight excluding hydrogens is 330 g/mol. The Labute approximate surface area is 155 Å². The van der Waals surface area contributed by atoms with Gasteiger partial charge in [-0.1, -0.05) is 51.3 Å². The zero-order chi connectivity index (χ0) is 19.3. The van der Waals surface area contributed by atoms with Crippen LogP contribution in [0.4, 0.5) is 0 Å². The number of hydrogen-bond donors (Lipinski definition) is 1. The van der Waals surface area contributed by atoms with Crippen molar-refractivity contribution in [3.63, 3.8) is 0 Å². The molecule has 1 aromatic carbocycles. The van der Waals surface area contributed by atoms with Crippen LogP contribution in [0.25, 0.3) is 0 Å². The molecule has 0 unspecified atom stereocenters. The molecule has 0 spiro atoms. The van der Waals surface area contributed by atoms with E-state index in [1.807, 2.05) is 18.2 Å². The van der Waals surface area contributed by atoms with Crippen LogP contribution in [0, 0.1) is 5.92 Å². The second kappa shape index (κ2) is 8.88. The Bertz CT molecular complexity index is 695. The quantitative estimate of drug-likeness (QED) is 0.718. The first-order valence-electron chi connectivity index (χ1n) is 9.34. The highest BCUT2D eigenvalue weighted by atomic mass is 16.5. The average molecular weight is 359 g/mol. The maximum atomic E-state index is 12.8. The minimum Gasteiger partial charge on any atom is -0.503 e. The fourth-order valence-corrected chi connectivity index (χ4v) is 3.61. The van der Waals surface area contributed by atoms with Crippen molar-refractivity contribution >= 4 is 11.7 Å². The SMILES string of the molecule is CCCC[C@@H](CC)CN1C(=O)C(O)=C(C(C)=O)[C@H]1c1ccccc1OC. The first-order chi connectivity index (χ1) is 12.5. The van der Waals surface area contributed by atoms with Crippen LogP contribution in [0.5, 0.6) is 5.75 Å². The molecule has 0 saturated heterocycles. The predicted molar refractivity (Wildman–Crippen MR) is 101 cm³/mol. The molecule has 0 radical (unpaired) electrons. The van der Waals surface area contributed by atoms with Crippen molar-refractivity contribution in [2.24, 2.45) is 5.92 Å². The maximum absolute atomic E-state index is 12.8. The molecule has 0 saturated carbocycles. The van der Waals surface area contributed by atoms with Gasteiger partial charge in [-0.2, -0.15) is 0 Å². The summed E-state index contributed by atoms with van der Waals surface area (Å²) in [4.78, 5) is 26.6. The molecular formula is C21H29NO4. The van der Waals surface area contributed by atoms with Crippen molar-refractivity contribution < 1.29 is 19.4 Å². The second-order valence-electron chi connectivity index (χ2n) is 6.84. The van der Waals surface area contributed by atoms with Gasteiger partial charge in [0.15, 0.2) is 11.5 Å². The number of benzene rings is 1. The van der Waals surface area contributed by atoms with Crippen LogP contribution in [-0.2, 0) is 9.59 Å². The third-order valence-electron chi connectivity index (χ3n) is 5.11. The minimum atomic E-state index is -0.605. The van der Waals surface area contributed by atoms with Gasteiger partial charge in [0.25, 0.3) is 5.91 Å². The van der Waals surface area contributed by atoms with Gasteiger partial charge < -0.3 is 14.7 Å². The number of unbranched alkanes of at least 4 members (excludes halogenated alkanes) is 1. The lowest BCUT2D eigenvalue weighted by Gasteiger charge is -2.31. The molecule has 1 aliphatic rings. The Kier molecular flexibility index (Phi) is 6.83. The molecule has 5 nitrogen and oxygen atoms in total. The smallest absolute Gasteiger partial charge is 0.290 e. The number of nitrogens with zero attached hydrogens (tertiary/aromatic N) is 1. The number of ether oxygens (including phenoxy) is 1. The summed E-state index contributed by atoms with van der Waals surface area (Å²) in [5.74, 6) is -0.267. The molecule has 0 aromatic heterocycles. The van der Waals surface area contributed by atoms with Crippen LogP contribution in [0.1, 0.15) is 58.1 Å². The van der Waals surface area contributed by atoms with Gasteiger partial charge in [-0.3, -0.25) is 9.59 Å². The highest BCUT2D eigenvalue weighted by Crippen LogP contribution is 2.42. The van der Waals surface area contributed by atoms with Crippen LogP contribution in [0.15, 0.2) is 35.6 Å². The molecule has 0 aliphatic carbocycles. The highest BCUT2D eigenvalue weighted by molar-refractivity contribution is 6.08. The van der Waals surface area contributed by atoms with Crippen molar-refractivity contribution in [1.29, 1.82) is 0 Å². The Hall–Kier alpha value is -2.30. The molecule has 1 aromatic rings. The molecule has 2 atom stereocenters. The molecule has 5 heteroatoms. The summed E-state index contributed by atoms with van der Waals surface area (Å²) in [5.41, 5.74) is 0.882. The Balaban J connectivity index is 2.45. The third-order valence-corrected chi connectivity index (χ3v) is 5.11. The van der Waals surface area contributed by atoms with E-state index in [0.717, 1.165) is 31.2 Å². The first-order valence-corrected chi connectivity index (χ1v) is 9.34. The predicted octanol–water partition coefficient (Wildman–Crippen LogP) is 4.20. The molecule has 2 rings (SSSR count). The lowest BCUT2D eigenvalue weighted by Crippen LogP contribution is -2.35. The van der Waals surface area contributed by atoms with Gasteiger partial charge in [0, 0.05) is 12.1 Å². The maximum Gasteiger partial charge on any atom is 0.290 e. The van der Waals surface area contributed by atoms with Gasteiger partial charge in [0.2, 0.25) is 0 Å². The van der Waals surface area contributed by atoms with Crippen molar-refractivity contribution in [2.75, 3.05) is 13.7 Å². The van der Waals surface area contributed by atoms with Crippen molar-refractivity contribution in [1.82, 2.24) is 4.90 Å². The van der Waals surface area contributed by atoms with E-state index in [2.05, 4.69) is 13.8 Å². The Morgan fingerprint density at radius 3 is 2.58 bits per heavy atom. The van der Waals surface area contributed by atoms with Crippen LogP contribution in [0.3, 0.4) is 0 Å². The van der Waals surface area contributed by atoms with Crippen LogP contribution in [-0.4, -0.2) is 35.4 Å². The summed E-state index contributed by atoms with van der Waals surface area (Å²) in [6.45, 7) is 6.16. The monoisotopic (exact) mass is 359 g/mol. The fourth-order valence-electron chi connectivity index (χ4n) is 3.61. The number of methoxy groups -OCH3 is 1. The van der Waals surface area contributed by atoms with E-state index in [0.29, 0.717) is 18.2 Å². The van der Waals surface area contributed by atoms with E-state index in [-0.39, 0.29) is 11.4 Å². The van der Waals surface area contributed by atoms with Gasteiger partial charge >= 0.3 is 0 Å². The van der Waals surface area contributed by atoms with Gasteiger partial charge in [0.05, 0.1) is 18.7 Å². The lowest BCUT2D eigenvalue weighted by atomic mass is 9.93. The molecule has 1 heterocycles. The molecule has 1 aliphatic heterocycles. The number of Topliss-reactive ketones (excluding diaryl/α,β-unsaturated/α-hetero) is 1. The normalized spacial score (nSPS) is 18.4. The number of aliphatic hydroxyl groups is 1. The number of amides is 1. The minimum absolute atomic E-state index is 0.157. The molecule has 142 valence electrons. The van der Waals surface area contributed by atoms with Gasteiger partial charge in [-0.05, 0) is 25.3 Å². The molecule has 26 heavy (non-hydrogen) atoms. The average Bonchev–Trinajstić information content (AvgIpc) is 2.89. The largest absolute Gasteiger partial charge is 0.503 e. The van der Waals surface area contributed by atoms with E-state index in [9.17, 15) is 14.7 Å². The Morgan fingerprint density at radius 2 is 2.00 bits per heavy atom. The number of carbonyl (C=O) groups excluding carboxylic acids is 2. The zero-order valence-corrected chi connectivity index (χ0v) is 16.1. The van der Waals surface area contributed by atoms with E-state index in [1.54, 1.807) is 18.1 Å². The van der Waals surface area contributed by atoms with E-state index >= 15 is 0 Å². The lowest BCUT2D eigenvalue weighted by molar-refractivity contribution is -0.130. The number of rotatable bonds is 9. The highest BCUT2D eigenvalue weighted by Gasteiger charge is 2.43. The summed E-state index contributed by atoms with van der Waals surface area (Å²) >= 11 is 0. The summed E-state index contributed by atoms with van der Waals surface area (Å²) in [5, 5.41) is 10.4. The van der Waals surface area contributed by atoms with E-state index in [4.69, 9.17) is 4.74 Å². The van der Waals surface area contributed by atoms with Gasteiger partial charge in [0.1, 0.15) is 5.75 Å². The molecule has 1 N–H and O–H groups in total.